The van der Waals surface area contributed by atoms with Gasteiger partial charge in [0.15, 0.2) is 0 Å². The van der Waals surface area contributed by atoms with Crippen molar-refractivity contribution < 1.29 is 9.53 Å². The summed E-state index contributed by atoms with van der Waals surface area (Å²) in [4.78, 5) is 21.6. The van der Waals surface area contributed by atoms with Gasteiger partial charge in [0.2, 0.25) is 5.91 Å². The van der Waals surface area contributed by atoms with Gasteiger partial charge in [0.05, 0.1) is 34.9 Å². The van der Waals surface area contributed by atoms with E-state index in [1.807, 2.05) is 23.1 Å². The minimum absolute atomic E-state index is 0.127. The van der Waals surface area contributed by atoms with Crippen LogP contribution in [0.4, 0.5) is 0 Å². The number of likely N-dealkylation sites (N-methyl/N-ethyl adjacent to an activating group) is 1. The molecule has 5 rings (SSSR count). The van der Waals surface area contributed by atoms with Crippen LogP contribution in [0, 0.1) is 0 Å². The van der Waals surface area contributed by atoms with Gasteiger partial charge in [-0.2, -0.15) is 0 Å². The highest BCUT2D eigenvalue weighted by Gasteiger charge is 2.51. The van der Waals surface area contributed by atoms with E-state index in [0.29, 0.717) is 12.5 Å². The van der Waals surface area contributed by atoms with Crippen molar-refractivity contribution in [1.82, 2.24) is 14.8 Å². The summed E-state index contributed by atoms with van der Waals surface area (Å²) in [5.41, 5.74) is 2.26. The van der Waals surface area contributed by atoms with Crippen LogP contribution in [0.2, 0.25) is 0 Å². The van der Waals surface area contributed by atoms with Crippen molar-refractivity contribution in [3.05, 3.63) is 65.2 Å². The smallest absolute Gasteiger partial charge is 0.222 e. The van der Waals surface area contributed by atoms with Crippen molar-refractivity contribution in [2.24, 2.45) is 0 Å². The molecule has 162 valence electrons. The molecule has 1 unspecified atom stereocenters. The van der Waals surface area contributed by atoms with Gasteiger partial charge in [-0.1, -0.05) is 42.5 Å². The lowest BCUT2D eigenvalue weighted by Gasteiger charge is -2.47. The number of aromatic nitrogens is 1. The van der Waals surface area contributed by atoms with E-state index in [1.165, 1.54) is 10.3 Å². The van der Waals surface area contributed by atoms with Gasteiger partial charge in [0, 0.05) is 19.0 Å². The van der Waals surface area contributed by atoms with Crippen LogP contribution in [0.3, 0.4) is 0 Å². The van der Waals surface area contributed by atoms with E-state index in [-0.39, 0.29) is 11.5 Å². The highest BCUT2D eigenvalue weighted by atomic mass is 32.1. The van der Waals surface area contributed by atoms with Gasteiger partial charge in [-0.15, -0.1) is 11.3 Å². The first-order valence-corrected chi connectivity index (χ1v) is 11.9. The van der Waals surface area contributed by atoms with E-state index in [0.717, 1.165) is 56.0 Å². The van der Waals surface area contributed by atoms with E-state index in [4.69, 9.17) is 4.74 Å². The molecule has 3 heterocycles. The SMILES string of the molecule is CN(Cc1ccccc1)C1COC2(C1)CN(C(=O)CCCc1nc3ccccc3s1)C2. The molecule has 0 radical (unpaired) electrons. The molecule has 2 fully saturated rings. The molecule has 3 aromatic rings. The summed E-state index contributed by atoms with van der Waals surface area (Å²) in [6.07, 6.45) is 3.31. The van der Waals surface area contributed by atoms with E-state index in [1.54, 1.807) is 11.3 Å². The van der Waals surface area contributed by atoms with Crippen LogP contribution in [-0.4, -0.2) is 59.1 Å². The first-order chi connectivity index (χ1) is 15.1. The number of hydrogen-bond acceptors (Lipinski definition) is 5. The van der Waals surface area contributed by atoms with Crippen molar-refractivity contribution in [2.45, 2.75) is 43.9 Å². The zero-order chi connectivity index (χ0) is 21.3. The molecular weight excluding hydrogens is 406 g/mol. The molecule has 2 aliphatic heterocycles. The van der Waals surface area contributed by atoms with Crippen LogP contribution >= 0.6 is 11.3 Å². The normalized spacial score (nSPS) is 19.9. The Balaban J connectivity index is 1.06. The van der Waals surface area contributed by atoms with Crippen LogP contribution in [0.25, 0.3) is 10.2 Å². The summed E-state index contributed by atoms with van der Waals surface area (Å²) in [5.74, 6) is 0.247. The summed E-state index contributed by atoms with van der Waals surface area (Å²) in [5, 5.41) is 1.12. The molecule has 6 heteroatoms. The third-order valence-electron chi connectivity index (χ3n) is 6.52. The quantitative estimate of drug-likeness (QED) is 0.560. The van der Waals surface area contributed by atoms with Gasteiger partial charge < -0.3 is 9.64 Å². The van der Waals surface area contributed by atoms with Crippen molar-refractivity contribution in [2.75, 3.05) is 26.7 Å². The van der Waals surface area contributed by atoms with Crippen LogP contribution in [-0.2, 0) is 22.5 Å². The maximum absolute atomic E-state index is 12.6. The molecule has 0 N–H and O–H groups in total. The predicted molar refractivity (Wildman–Crippen MR) is 124 cm³/mol. The zero-order valence-corrected chi connectivity index (χ0v) is 18.8. The molecular formula is C25H29N3O2S. The fraction of sp³-hybridized carbons (Fsp3) is 0.440. The minimum Gasteiger partial charge on any atom is -0.370 e. The molecule has 0 saturated carbocycles. The second kappa shape index (κ2) is 8.69. The first kappa shape index (κ1) is 20.6. The van der Waals surface area contributed by atoms with Crippen molar-refractivity contribution >= 4 is 27.5 Å². The number of ether oxygens (including phenoxy) is 1. The number of carbonyl (C=O) groups is 1. The second-order valence-electron chi connectivity index (χ2n) is 8.93. The van der Waals surface area contributed by atoms with Crippen molar-refractivity contribution in [3.8, 4) is 0 Å². The van der Waals surface area contributed by atoms with E-state index < -0.39 is 0 Å². The lowest BCUT2D eigenvalue weighted by molar-refractivity contribution is -0.157. The topological polar surface area (TPSA) is 45.7 Å². The molecule has 1 aromatic heterocycles. The summed E-state index contributed by atoms with van der Waals surface area (Å²) in [6, 6.07) is 19.2. The van der Waals surface area contributed by atoms with E-state index >= 15 is 0 Å². The molecule has 0 aliphatic carbocycles. The number of likely N-dealkylation sites (tertiary alicyclic amines) is 1. The van der Waals surface area contributed by atoms with Gasteiger partial charge in [0.25, 0.3) is 0 Å². The van der Waals surface area contributed by atoms with Crippen LogP contribution in [0.1, 0.15) is 29.8 Å². The third-order valence-corrected chi connectivity index (χ3v) is 7.61. The minimum atomic E-state index is -0.127. The van der Waals surface area contributed by atoms with Crippen molar-refractivity contribution in [3.63, 3.8) is 0 Å². The fourth-order valence-electron chi connectivity index (χ4n) is 4.73. The number of carbonyl (C=O) groups excluding carboxylic acids is 1. The number of benzene rings is 2. The number of nitrogens with zero attached hydrogens (tertiary/aromatic N) is 3. The Labute approximate surface area is 187 Å². The number of para-hydroxylation sites is 1. The lowest BCUT2D eigenvalue weighted by Crippen LogP contribution is -2.63. The average molecular weight is 436 g/mol. The Morgan fingerprint density at radius 3 is 2.77 bits per heavy atom. The number of fused-ring (bicyclic) bond motifs is 1. The molecule has 2 aliphatic rings. The molecule has 2 saturated heterocycles. The Morgan fingerprint density at radius 1 is 1.19 bits per heavy atom. The van der Waals surface area contributed by atoms with Gasteiger partial charge in [0.1, 0.15) is 5.60 Å². The predicted octanol–water partition coefficient (Wildman–Crippen LogP) is 4.12. The summed E-state index contributed by atoms with van der Waals surface area (Å²) in [7, 11) is 2.17. The largest absolute Gasteiger partial charge is 0.370 e. The maximum Gasteiger partial charge on any atom is 0.222 e. The number of amides is 1. The van der Waals surface area contributed by atoms with Gasteiger partial charge in [-0.25, -0.2) is 4.98 Å². The zero-order valence-electron chi connectivity index (χ0n) is 18.0. The highest BCUT2D eigenvalue weighted by molar-refractivity contribution is 7.18. The third kappa shape index (κ3) is 4.52. The van der Waals surface area contributed by atoms with Crippen LogP contribution in [0.5, 0.6) is 0 Å². The van der Waals surface area contributed by atoms with Gasteiger partial charge in [-0.05, 0) is 44.0 Å². The lowest BCUT2D eigenvalue weighted by atomic mass is 9.88. The van der Waals surface area contributed by atoms with Crippen LogP contribution in [0.15, 0.2) is 54.6 Å². The highest BCUT2D eigenvalue weighted by Crippen LogP contribution is 2.37. The maximum atomic E-state index is 12.6. The number of hydrogen-bond donors (Lipinski definition) is 0. The number of aryl methyl sites for hydroxylation is 1. The first-order valence-electron chi connectivity index (χ1n) is 11.1. The summed E-state index contributed by atoms with van der Waals surface area (Å²) < 4.78 is 7.41. The Bertz CT molecular complexity index is 1010. The average Bonchev–Trinajstić information content (AvgIpc) is 3.38. The fourth-order valence-corrected chi connectivity index (χ4v) is 5.73. The molecule has 1 spiro atoms. The molecule has 1 amide bonds. The second-order valence-corrected chi connectivity index (χ2v) is 10.0. The van der Waals surface area contributed by atoms with Crippen LogP contribution < -0.4 is 0 Å². The summed E-state index contributed by atoms with van der Waals surface area (Å²) >= 11 is 1.74. The molecule has 1 atom stereocenters. The van der Waals surface area contributed by atoms with Gasteiger partial charge in [-0.3, -0.25) is 9.69 Å². The van der Waals surface area contributed by atoms with E-state index in [9.17, 15) is 4.79 Å². The monoisotopic (exact) mass is 435 g/mol. The Morgan fingerprint density at radius 2 is 1.97 bits per heavy atom. The molecule has 2 aromatic carbocycles. The number of thiazole rings is 1. The standard InChI is InChI=1S/C25H29N3O2S/c1-27(15-19-8-3-2-4-9-19)20-14-25(30-16-20)17-28(18-25)24(29)13-7-12-23-26-21-10-5-6-11-22(21)31-23/h2-6,8-11,20H,7,12-18H2,1H3. The van der Waals surface area contributed by atoms with Gasteiger partial charge >= 0.3 is 0 Å². The molecule has 5 nitrogen and oxygen atoms in total. The van der Waals surface area contributed by atoms with E-state index in [2.05, 4.69) is 53.3 Å². The Kier molecular flexibility index (Phi) is 5.78. The van der Waals surface area contributed by atoms with Crippen molar-refractivity contribution in [1.29, 1.82) is 0 Å². The summed E-state index contributed by atoms with van der Waals surface area (Å²) in [6.45, 7) is 3.16. The number of rotatable bonds is 7. The Hall–Kier alpha value is -2.28. The molecule has 31 heavy (non-hydrogen) atoms. The molecule has 0 bridgehead atoms.